The van der Waals surface area contributed by atoms with Crippen LogP contribution in [0.3, 0.4) is 0 Å². The molecule has 0 unspecified atom stereocenters. The van der Waals surface area contributed by atoms with Gasteiger partial charge in [0, 0.05) is 66.8 Å². The summed E-state index contributed by atoms with van der Waals surface area (Å²) in [5.41, 5.74) is 3.94. The van der Waals surface area contributed by atoms with Crippen molar-refractivity contribution in [2.45, 2.75) is 6.92 Å². The summed E-state index contributed by atoms with van der Waals surface area (Å²) in [7, 11) is 1.67. The maximum atomic E-state index is 11.2. The van der Waals surface area contributed by atoms with Crippen LogP contribution in [-0.4, -0.2) is 43.2 Å². The first-order chi connectivity index (χ1) is 13.5. The van der Waals surface area contributed by atoms with Gasteiger partial charge in [0.1, 0.15) is 5.75 Å². The average molecular weight is 378 g/mol. The molecule has 7 nitrogen and oxygen atoms in total. The van der Waals surface area contributed by atoms with E-state index in [1.165, 1.54) is 6.07 Å². The summed E-state index contributed by atoms with van der Waals surface area (Å²) in [6.45, 7) is 5.35. The minimum absolute atomic E-state index is 0.0921. The molecule has 4 rings (SSSR count). The largest absolute Gasteiger partial charge is 0.497 e. The normalized spacial score (nSPS) is 14.4. The second-order valence-electron chi connectivity index (χ2n) is 6.92. The SMILES string of the molecule is COc1cccc(N2CCN(c3cc(C)nc4ccc([N+](=O)[O-])cc34)CC2)c1. The van der Waals surface area contributed by atoms with Gasteiger partial charge in [0.05, 0.1) is 17.5 Å². The van der Waals surface area contributed by atoms with Gasteiger partial charge < -0.3 is 14.5 Å². The van der Waals surface area contributed by atoms with E-state index in [-0.39, 0.29) is 10.6 Å². The minimum atomic E-state index is -0.357. The van der Waals surface area contributed by atoms with Gasteiger partial charge in [0.2, 0.25) is 0 Å². The standard InChI is InChI=1S/C21H22N4O3/c1-15-12-21(19-14-17(25(26)27)6-7-20(19)22-15)24-10-8-23(9-11-24)16-4-3-5-18(13-16)28-2/h3-7,12-14H,8-11H2,1-2H3. The zero-order chi connectivity index (χ0) is 19.7. The van der Waals surface area contributed by atoms with Crippen LogP contribution in [-0.2, 0) is 0 Å². The third-order valence-corrected chi connectivity index (χ3v) is 5.15. The predicted molar refractivity (Wildman–Crippen MR) is 111 cm³/mol. The van der Waals surface area contributed by atoms with Crippen molar-refractivity contribution in [2.24, 2.45) is 0 Å². The fourth-order valence-electron chi connectivity index (χ4n) is 3.71. The summed E-state index contributed by atoms with van der Waals surface area (Å²) >= 11 is 0. The molecule has 1 aromatic heterocycles. The molecule has 0 saturated carbocycles. The topological polar surface area (TPSA) is 71.7 Å². The molecule has 2 aromatic carbocycles. The number of pyridine rings is 1. The van der Waals surface area contributed by atoms with Gasteiger partial charge in [-0.1, -0.05) is 6.07 Å². The number of nitrogens with zero attached hydrogens (tertiary/aromatic N) is 4. The first-order valence-electron chi connectivity index (χ1n) is 9.25. The van der Waals surface area contributed by atoms with E-state index in [2.05, 4.69) is 20.9 Å². The lowest BCUT2D eigenvalue weighted by molar-refractivity contribution is -0.384. The summed E-state index contributed by atoms with van der Waals surface area (Å²) in [5.74, 6) is 0.850. The monoisotopic (exact) mass is 378 g/mol. The Hall–Kier alpha value is -3.35. The molecule has 0 aliphatic carbocycles. The molecule has 0 radical (unpaired) electrons. The highest BCUT2D eigenvalue weighted by Gasteiger charge is 2.21. The van der Waals surface area contributed by atoms with Crippen molar-refractivity contribution in [3.63, 3.8) is 0 Å². The number of anilines is 2. The average Bonchev–Trinajstić information content (AvgIpc) is 2.73. The first-order valence-corrected chi connectivity index (χ1v) is 9.25. The maximum Gasteiger partial charge on any atom is 0.270 e. The van der Waals surface area contributed by atoms with Gasteiger partial charge in [0.25, 0.3) is 5.69 Å². The number of methoxy groups -OCH3 is 1. The van der Waals surface area contributed by atoms with Crippen LogP contribution in [0, 0.1) is 17.0 Å². The summed E-state index contributed by atoms with van der Waals surface area (Å²) in [6, 6.07) is 15.0. The molecule has 1 fully saturated rings. The molecule has 1 saturated heterocycles. The minimum Gasteiger partial charge on any atom is -0.497 e. The Morgan fingerprint density at radius 1 is 1.04 bits per heavy atom. The number of aromatic nitrogens is 1. The second-order valence-corrected chi connectivity index (χ2v) is 6.92. The molecule has 3 aromatic rings. The van der Waals surface area contributed by atoms with Gasteiger partial charge >= 0.3 is 0 Å². The highest BCUT2D eigenvalue weighted by Crippen LogP contribution is 2.31. The Kier molecular flexibility index (Phi) is 4.73. The third-order valence-electron chi connectivity index (χ3n) is 5.15. The Balaban J connectivity index is 1.61. The number of nitro groups is 1. The Morgan fingerprint density at radius 3 is 2.50 bits per heavy atom. The van der Waals surface area contributed by atoms with Crippen LogP contribution < -0.4 is 14.5 Å². The molecule has 0 spiro atoms. The summed E-state index contributed by atoms with van der Waals surface area (Å²) in [4.78, 5) is 20.0. The molecule has 7 heteroatoms. The number of piperazine rings is 1. The molecule has 0 bridgehead atoms. The van der Waals surface area contributed by atoms with E-state index in [1.54, 1.807) is 19.2 Å². The zero-order valence-electron chi connectivity index (χ0n) is 16.0. The van der Waals surface area contributed by atoms with E-state index in [0.717, 1.165) is 59.9 Å². The van der Waals surface area contributed by atoms with Crippen molar-refractivity contribution >= 4 is 28.0 Å². The van der Waals surface area contributed by atoms with E-state index in [9.17, 15) is 10.1 Å². The highest BCUT2D eigenvalue weighted by atomic mass is 16.6. The summed E-state index contributed by atoms with van der Waals surface area (Å²) in [6.07, 6.45) is 0. The smallest absolute Gasteiger partial charge is 0.270 e. The predicted octanol–water partition coefficient (Wildman–Crippen LogP) is 3.79. The number of nitro benzene ring substituents is 1. The number of hydrogen-bond acceptors (Lipinski definition) is 6. The van der Waals surface area contributed by atoms with Crippen LogP contribution in [0.5, 0.6) is 5.75 Å². The number of benzene rings is 2. The van der Waals surface area contributed by atoms with Gasteiger partial charge in [-0.15, -0.1) is 0 Å². The Labute approximate surface area is 163 Å². The fraction of sp³-hybridized carbons (Fsp3) is 0.286. The van der Waals surface area contributed by atoms with Crippen LogP contribution in [0.4, 0.5) is 17.1 Å². The van der Waals surface area contributed by atoms with E-state index in [1.807, 2.05) is 31.2 Å². The lowest BCUT2D eigenvalue weighted by Gasteiger charge is -2.38. The highest BCUT2D eigenvalue weighted by molar-refractivity contribution is 5.93. The number of aryl methyl sites for hydroxylation is 1. The summed E-state index contributed by atoms with van der Waals surface area (Å²) in [5, 5.41) is 12.0. The van der Waals surface area contributed by atoms with Crippen molar-refractivity contribution in [3.05, 3.63) is 64.3 Å². The molecule has 1 aliphatic rings. The van der Waals surface area contributed by atoms with Gasteiger partial charge in [0.15, 0.2) is 0 Å². The van der Waals surface area contributed by atoms with E-state index < -0.39 is 0 Å². The van der Waals surface area contributed by atoms with Crippen LogP contribution in [0.25, 0.3) is 10.9 Å². The molecular weight excluding hydrogens is 356 g/mol. The zero-order valence-corrected chi connectivity index (χ0v) is 16.0. The summed E-state index contributed by atoms with van der Waals surface area (Å²) < 4.78 is 5.33. The third kappa shape index (κ3) is 3.43. The molecule has 0 N–H and O–H groups in total. The molecule has 144 valence electrons. The van der Waals surface area contributed by atoms with Crippen molar-refractivity contribution < 1.29 is 9.66 Å². The fourth-order valence-corrected chi connectivity index (χ4v) is 3.71. The maximum absolute atomic E-state index is 11.2. The van der Waals surface area contributed by atoms with Crippen molar-refractivity contribution in [1.29, 1.82) is 0 Å². The lowest BCUT2D eigenvalue weighted by Crippen LogP contribution is -2.46. The molecule has 2 heterocycles. The molecule has 28 heavy (non-hydrogen) atoms. The number of non-ortho nitro benzene ring substituents is 1. The van der Waals surface area contributed by atoms with Crippen LogP contribution in [0.15, 0.2) is 48.5 Å². The first kappa shape index (κ1) is 18.0. The number of fused-ring (bicyclic) bond motifs is 1. The Bertz CT molecular complexity index is 1030. The number of hydrogen-bond donors (Lipinski definition) is 0. The van der Waals surface area contributed by atoms with Gasteiger partial charge in [-0.25, -0.2) is 0 Å². The molecule has 1 aliphatic heterocycles. The van der Waals surface area contributed by atoms with E-state index in [0.29, 0.717) is 0 Å². The molecule has 0 atom stereocenters. The van der Waals surface area contributed by atoms with Crippen molar-refractivity contribution in [2.75, 3.05) is 43.1 Å². The van der Waals surface area contributed by atoms with Gasteiger partial charge in [-0.05, 0) is 31.2 Å². The number of ether oxygens (including phenoxy) is 1. The van der Waals surface area contributed by atoms with Crippen molar-refractivity contribution in [3.8, 4) is 5.75 Å². The van der Waals surface area contributed by atoms with E-state index >= 15 is 0 Å². The quantitative estimate of drug-likeness (QED) is 0.508. The van der Waals surface area contributed by atoms with Crippen LogP contribution in [0.2, 0.25) is 0 Å². The number of rotatable bonds is 4. The molecule has 0 amide bonds. The van der Waals surface area contributed by atoms with Crippen LogP contribution in [0.1, 0.15) is 5.69 Å². The van der Waals surface area contributed by atoms with Gasteiger partial charge in [-0.3, -0.25) is 15.1 Å². The van der Waals surface area contributed by atoms with E-state index in [4.69, 9.17) is 4.74 Å². The second kappa shape index (κ2) is 7.34. The lowest BCUT2D eigenvalue weighted by atomic mass is 10.1. The van der Waals surface area contributed by atoms with Crippen LogP contribution >= 0.6 is 0 Å². The Morgan fingerprint density at radius 2 is 1.79 bits per heavy atom. The van der Waals surface area contributed by atoms with Gasteiger partial charge in [-0.2, -0.15) is 0 Å². The molecular formula is C21H22N4O3. The van der Waals surface area contributed by atoms with Crippen molar-refractivity contribution in [1.82, 2.24) is 4.98 Å².